The number of esters is 1. The van der Waals surface area contributed by atoms with Crippen LogP contribution in [-0.2, 0) is 9.53 Å². The summed E-state index contributed by atoms with van der Waals surface area (Å²) < 4.78 is 4.77. The molecule has 0 spiro atoms. The van der Waals surface area contributed by atoms with Crippen molar-refractivity contribution in [1.82, 2.24) is 0 Å². The minimum absolute atomic E-state index is 0.311. The Kier molecular flexibility index (Phi) is 3.22. The van der Waals surface area contributed by atoms with Gasteiger partial charge in [0, 0.05) is 5.33 Å². The standard InChI is InChI=1S/C6H7BrN2O2/c7-2-4-11-6(10)5-1-3-8-9-5/h1H,2-4H2. The van der Waals surface area contributed by atoms with Crippen LogP contribution in [0.15, 0.2) is 22.0 Å². The molecule has 0 radical (unpaired) electrons. The highest BCUT2D eigenvalue weighted by Gasteiger charge is 2.11. The zero-order valence-electron chi connectivity index (χ0n) is 5.79. The number of azo groups is 1. The van der Waals surface area contributed by atoms with Crippen LogP contribution in [0.4, 0.5) is 0 Å². The highest BCUT2D eigenvalue weighted by atomic mass is 79.9. The average Bonchev–Trinajstić information content (AvgIpc) is 2.52. The van der Waals surface area contributed by atoms with E-state index < -0.39 is 5.97 Å². The van der Waals surface area contributed by atoms with E-state index in [4.69, 9.17) is 4.74 Å². The molecule has 0 saturated heterocycles. The number of rotatable bonds is 3. The first kappa shape index (κ1) is 8.39. The molecular weight excluding hydrogens is 212 g/mol. The molecule has 0 aromatic heterocycles. The SMILES string of the molecule is O=C(OCCBr)C1=CCN=N1. The van der Waals surface area contributed by atoms with Gasteiger partial charge in [-0.05, 0) is 6.08 Å². The van der Waals surface area contributed by atoms with E-state index in [9.17, 15) is 4.79 Å². The lowest BCUT2D eigenvalue weighted by atomic mass is 10.4. The molecule has 1 aliphatic rings. The summed E-state index contributed by atoms with van der Waals surface area (Å²) in [6.07, 6.45) is 1.64. The van der Waals surface area contributed by atoms with Gasteiger partial charge < -0.3 is 4.74 Å². The largest absolute Gasteiger partial charge is 0.460 e. The summed E-state index contributed by atoms with van der Waals surface area (Å²) in [5.41, 5.74) is 0.311. The maximum Gasteiger partial charge on any atom is 0.358 e. The fourth-order valence-corrected chi connectivity index (χ4v) is 0.776. The molecule has 1 aliphatic heterocycles. The molecule has 0 bridgehead atoms. The second kappa shape index (κ2) is 4.23. The normalized spacial score (nSPS) is 14.8. The number of alkyl halides is 1. The zero-order valence-corrected chi connectivity index (χ0v) is 7.37. The molecular formula is C6H7BrN2O2. The summed E-state index contributed by atoms with van der Waals surface area (Å²) in [6, 6.07) is 0. The van der Waals surface area contributed by atoms with Gasteiger partial charge in [0.1, 0.15) is 6.61 Å². The van der Waals surface area contributed by atoms with Crippen molar-refractivity contribution < 1.29 is 9.53 Å². The first-order chi connectivity index (χ1) is 5.34. The van der Waals surface area contributed by atoms with Gasteiger partial charge in [0.25, 0.3) is 0 Å². The number of halogens is 1. The van der Waals surface area contributed by atoms with Crippen LogP contribution in [-0.4, -0.2) is 24.5 Å². The molecule has 1 heterocycles. The van der Waals surface area contributed by atoms with Crippen LogP contribution in [0.1, 0.15) is 0 Å². The first-order valence-corrected chi connectivity index (χ1v) is 4.27. The molecule has 0 fully saturated rings. The quantitative estimate of drug-likeness (QED) is 0.530. The molecule has 0 N–H and O–H groups in total. The number of ether oxygens (including phenoxy) is 1. The number of nitrogens with zero attached hydrogens (tertiary/aromatic N) is 2. The van der Waals surface area contributed by atoms with Crippen LogP contribution in [0.5, 0.6) is 0 Å². The lowest BCUT2D eigenvalue weighted by Crippen LogP contribution is -2.07. The van der Waals surface area contributed by atoms with Gasteiger partial charge in [0.15, 0.2) is 5.70 Å². The monoisotopic (exact) mass is 218 g/mol. The van der Waals surface area contributed by atoms with E-state index in [1.165, 1.54) is 0 Å². The third kappa shape index (κ3) is 2.42. The van der Waals surface area contributed by atoms with Crippen molar-refractivity contribution in [2.45, 2.75) is 0 Å². The van der Waals surface area contributed by atoms with E-state index in [1.807, 2.05) is 0 Å². The second-order valence-electron chi connectivity index (χ2n) is 1.84. The Morgan fingerprint density at radius 1 is 1.82 bits per heavy atom. The van der Waals surface area contributed by atoms with E-state index in [-0.39, 0.29) is 0 Å². The topological polar surface area (TPSA) is 51.0 Å². The van der Waals surface area contributed by atoms with Crippen molar-refractivity contribution >= 4 is 21.9 Å². The van der Waals surface area contributed by atoms with Crippen LogP contribution < -0.4 is 0 Å². The average molecular weight is 219 g/mol. The zero-order chi connectivity index (χ0) is 8.10. The molecule has 11 heavy (non-hydrogen) atoms. The summed E-state index contributed by atoms with van der Waals surface area (Å²) in [5, 5.41) is 7.84. The number of hydrogen-bond donors (Lipinski definition) is 0. The van der Waals surface area contributed by atoms with Gasteiger partial charge in [-0.3, -0.25) is 0 Å². The van der Waals surface area contributed by atoms with Gasteiger partial charge in [-0.2, -0.15) is 5.11 Å². The molecule has 0 saturated carbocycles. The predicted molar refractivity (Wildman–Crippen MR) is 42.6 cm³/mol. The summed E-state index contributed by atoms with van der Waals surface area (Å²) in [5.74, 6) is -0.397. The minimum Gasteiger partial charge on any atom is -0.460 e. The summed E-state index contributed by atoms with van der Waals surface area (Å²) in [4.78, 5) is 10.9. The van der Waals surface area contributed by atoms with Crippen LogP contribution in [0.25, 0.3) is 0 Å². The molecule has 5 heteroatoms. The fraction of sp³-hybridized carbons (Fsp3) is 0.500. The van der Waals surface area contributed by atoms with E-state index >= 15 is 0 Å². The third-order valence-corrected chi connectivity index (χ3v) is 1.39. The number of hydrogen-bond acceptors (Lipinski definition) is 4. The maximum atomic E-state index is 10.9. The number of carbonyl (C=O) groups excluding carboxylic acids is 1. The molecule has 0 unspecified atom stereocenters. The molecule has 1 rings (SSSR count). The highest BCUT2D eigenvalue weighted by molar-refractivity contribution is 9.09. The Labute approximate surface area is 72.5 Å². The molecule has 60 valence electrons. The van der Waals surface area contributed by atoms with Crippen molar-refractivity contribution in [2.24, 2.45) is 10.2 Å². The molecule has 0 atom stereocenters. The summed E-state index contributed by atoms with van der Waals surface area (Å²) >= 11 is 3.14. The van der Waals surface area contributed by atoms with Crippen molar-refractivity contribution in [2.75, 3.05) is 18.5 Å². The Morgan fingerprint density at radius 3 is 3.18 bits per heavy atom. The maximum absolute atomic E-state index is 10.9. The Hall–Kier alpha value is -0.710. The Bertz CT molecular complexity index is 213. The molecule has 0 amide bonds. The lowest BCUT2D eigenvalue weighted by molar-refractivity contribution is -0.138. The molecule has 0 aromatic rings. The van der Waals surface area contributed by atoms with Crippen molar-refractivity contribution in [1.29, 1.82) is 0 Å². The van der Waals surface area contributed by atoms with Crippen LogP contribution in [0.3, 0.4) is 0 Å². The van der Waals surface area contributed by atoms with E-state index in [0.717, 1.165) is 0 Å². The van der Waals surface area contributed by atoms with Crippen LogP contribution in [0.2, 0.25) is 0 Å². The van der Waals surface area contributed by atoms with Crippen LogP contribution in [0, 0.1) is 0 Å². The first-order valence-electron chi connectivity index (χ1n) is 3.15. The van der Waals surface area contributed by atoms with Gasteiger partial charge in [-0.25, -0.2) is 4.79 Å². The predicted octanol–water partition coefficient (Wildman–Crippen LogP) is 1.27. The van der Waals surface area contributed by atoms with E-state index in [1.54, 1.807) is 6.08 Å². The third-order valence-electron chi connectivity index (χ3n) is 1.06. The van der Waals surface area contributed by atoms with Gasteiger partial charge in [-0.1, -0.05) is 15.9 Å². The van der Waals surface area contributed by atoms with Crippen molar-refractivity contribution in [3.05, 3.63) is 11.8 Å². The highest BCUT2D eigenvalue weighted by Crippen LogP contribution is 2.07. The smallest absolute Gasteiger partial charge is 0.358 e. The fourth-order valence-electron chi connectivity index (χ4n) is 0.614. The van der Waals surface area contributed by atoms with E-state index in [0.29, 0.717) is 24.2 Å². The summed E-state index contributed by atoms with van der Waals surface area (Å²) in [6.45, 7) is 0.852. The molecule has 0 aliphatic carbocycles. The van der Waals surface area contributed by atoms with Gasteiger partial charge >= 0.3 is 5.97 Å². The van der Waals surface area contributed by atoms with Gasteiger partial charge in [0.05, 0.1) is 6.54 Å². The lowest BCUT2D eigenvalue weighted by Gasteiger charge is -1.98. The van der Waals surface area contributed by atoms with Gasteiger partial charge in [0.2, 0.25) is 0 Å². The Balaban J connectivity index is 2.35. The second-order valence-corrected chi connectivity index (χ2v) is 2.63. The summed E-state index contributed by atoms with van der Waals surface area (Å²) in [7, 11) is 0. The van der Waals surface area contributed by atoms with Crippen LogP contribution >= 0.6 is 15.9 Å². The minimum atomic E-state index is -0.397. The van der Waals surface area contributed by atoms with Crippen molar-refractivity contribution in [3.8, 4) is 0 Å². The number of carbonyl (C=O) groups is 1. The van der Waals surface area contributed by atoms with Crippen molar-refractivity contribution in [3.63, 3.8) is 0 Å². The molecule has 4 nitrogen and oxygen atoms in total. The Morgan fingerprint density at radius 2 is 2.64 bits per heavy atom. The molecule has 0 aromatic carbocycles. The van der Waals surface area contributed by atoms with E-state index in [2.05, 4.69) is 26.2 Å². The van der Waals surface area contributed by atoms with Gasteiger partial charge in [-0.15, -0.1) is 5.11 Å².